The largest absolute Gasteiger partial charge is 0.297 e. The molecule has 0 bridgehead atoms. The number of fused-ring (bicyclic) bond motifs is 3. The molecule has 0 atom stereocenters. The van der Waals surface area contributed by atoms with Crippen LogP contribution in [0, 0.1) is 3.82 Å². The first kappa shape index (κ1) is 15.7. The minimum Gasteiger partial charge on any atom is -0.297 e. The van der Waals surface area contributed by atoms with E-state index in [4.69, 9.17) is 12.2 Å². The van der Waals surface area contributed by atoms with Gasteiger partial charge in [-0.3, -0.25) is 9.69 Å². The molecule has 2 aromatic carbocycles. The summed E-state index contributed by atoms with van der Waals surface area (Å²) in [5.74, 6) is 0.0167. The highest BCUT2D eigenvalue weighted by Gasteiger charge is 2.42. The molecule has 2 heterocycles. The van der Waals surface area contributed by atoms with Crippen molar-refractivity contribution in [3.8, 4) is 11.1 Å². The van der Waals surface area contributed by atoms with E-state index in [-0.39, 0.29) is 5.91 Å². The van der Waals surface area contributed by atoms with Gasteiger partial charge in [0, 0.05) is 16.7 Å². The Morgan fingerprint density at radius 1 is 1.00 bits per heavy atom. The van der Waals surface area contributed by atoms with Crippen molar-refractivity contribution in [2.24, 2.45) is 0 Å². The lowest BCUT2D eigenvalue weighted by Crippen LogP contribution is -2.47. The van der Waals surface area contributed by atoms with Crippen LogP contribution in [0.4, 0.5) is 5.69 Å². The summed E-state index contributed by atoms with van der Waals surface area (Å²) < 4.78 is 0.905. The van der Waals surface area contributed by atoms with Crippen LogP contribution >= 0.6 is 32.9 Å². The van der Waals surface area contributed by atoms with E-state index in [0.29, 0.717) is 5.56 Å². The van der Waals surface area contributed by atoms with Gasteiger partial charge in [-0.1, -0.05) is 69.3 Å². The summed E-state index contributed by atoms with van der Waals surface area (Å²) in [5, 5.41) is 0. The van der Waals surface area contributed by atoms with E-state index < -0.39 is 5.54 Å². The Hall–Kier alpha value is -1.82. The van der Waals surface area contributed by atoms with E-state index in [1.807, 2.05) is 53.4 Å². The van der Waals surface area contributed by atoms with Crippen molar-refractivity contribution in [1.29, 1.82) is 0 Å². The predicted octanol–water partition coefficient (Wildman–Crippen LogP) is 6.10. The molecule has 0 spiro atoms. The molecule has 0 unspecified atom stereocenters. The molecule has 0 aliphatic carbocycles. The molecule has 5 heteroatoms. The lowest BCUT2D eigenvalue weighted by atomic mass is 9.87. The SMILES string of the molecule is CC1(C)c2ssc(=S)c2-c2ccccc2N1C(=O)c1ccccc1. The Bertz CT molecular complexity index is 985. The molecule has 0 N–H and O–H groups in total. The normalized spacial score (nSPS) is 14.8. The zero-order chi connectivity index (χ0) is 16.9. The standard InChI is InChI=1S/C19H15NOS3/c1-19(2)16-15(18(22)24-23-16)13-10-6-7-11-14(13)20(19)17(21)12-8-4-3-5-9-12/h3-11H,1-2H3. The first-order valence-corrected chi connectivity index (χ1v) is 10.2. The van der Waals surface area contributed by atoms with E-state index in [1.165, 1.54) is 4.88 Å². The van der Waals surface area contributed by atoms with Crippen LogP contribution in [0.2, 0.25) is 0 Å². The number of hydrogen-bond donors (Lipinski definition) is 0. The smallest absolute Gasteiger partial charge is 0.259 e. The van der Waals surface area contributed by atoms with Gasteiger partial charge >= 0.3 is 0 Å². The van der Waals surface area contributed by atoms with Crippen molar-refractivity contribution in [2.75, 3.05) is 4.90 Å². The number of hydrogen-bond acceptors (Lipinski definition) is 4. The van der Waals surface area contributed by atoms with Gasteiger partial charge in [0.05, 0.1) is 16.1 Å². The number of anilines is 1. The fraction of sp³-hybridized carbons (Fsp3) is 0.158. The molecule has 4 rings (SSSR count). The zero-order valence-corrected chi connectivity index (χ0v) is 15.7. The summed E-state index contributed by atoms with van der Waals surface area (Å²) in [6.07, 6.45) is 0. The molecule has 0 fully saturated rings. The maximum Gasteiger partial charge on any atom is 0.259 e. The van der Waals surface area contributed by atoms with Crippen LogP contribution in [0.25, 0.3) is 11.1 Å². The van der Waals surface area contributed by atoms with Crippen LogP contribution in [0.1, 0.15) is 29.1 Å². The van der Waals surface area contributed by atoms with Crippen molar-refractivity contribution < 1.29 is 4.79 Å². The van der Waals surface area contributed by atoms with Gasteiger partial charge in [0.25, 0.3) is 5.91 Å². The molecule has 1 aliphatic rings. The molecule has 0 radical (unpaired) electrons. The lowest BCUT2D eigenvalue weighted by Gasteiger charge is -2.43. The highest BCUT2D eigenvalue weighted by atomic mass is 32.9. The summed E-state index contributed by atoms with van der Waals surface area (Å²) >= 11 is 5.57. The monoisotopic (exact) mass is 369 g/mol. The predicted molar refractivity (Wildman–Crippen MR) is 105 cm³/mol. The maximum atomic E-state index is 13.3. The minimum absolute atomic E-state index is 0.0167. The molecule has 120 valence electrons. The first-order valence-electron chi connectivity index (χ1n) is 7.64. The third-order valence-electron chi connectivity index (χ3n) is 4.38. The van der Waals surface area contributed by atoms with Crippen molar-refractivity contribution in [2.45, 2.75) is 19.4 Å². The Morgan fingerprint density at radius 2 is 1.67 bits per heavy atom. The van der Waals surface area contributed by atoms with Crippen LogP contribution in [0.3, 0.4) is 0 Å². The van der Waals surface area contributed by atoms with Crippen LogP contribution in [0.5, 0.6) is 0 Å². The van der Waals surface area contributed by atoms with Crippen molar-refractivity contribution in [3.63, 3.8) is 0 Å². The van der Waals surface area contributed by atoms with Crippen molar-refractivity contribution >= 4 is 44.5 Å². The highest BCUT2D eigenvalue weighted by Crippen LogP contribution is 2.52. The summed E-state index contributed by atoms with van der Waals surface area (Å²) in [7, 11) is 3.30. The fourth-order valence-corrected chi connectivity index (χ4v) is 6.53. The topological polar surface area (TPSA) is 20.3 Å². The molecule has 1 aliphatic heterocycles. The Morgan fingerprint density at radius 3 is 2.42 bits per heavy atom. The molecular formula is C19H15NOS3. The van der Waals surface area contributed by atoms with E-state index in [0.717, 1.165) is 20.6 Å². The second kappa shape index (κ2) is 5.62. The molecule has 1 amide bonds. The lowest BCUT2D eigenvalue weighted by molar-refractivity contribution is 0.0961. The second-order valence-electron chi connectivity index (χ2n) is 6.24. The molecule has 3 aromatic rings. The van der Waals surface area contributed by atoms with Crippen LogP contribution in [0.15, 0.2) is 54.6 Å². The molecule has 0 saturated heterocycles. The first-order chi connectivity index (χ1) is 11.5. The molecular weight excluding hydrogens is 354 g/mol. The minimum atomic E-state index is -0.436. The molecule has 1 aromatic heterocycles. The molecule has 24 heavy (non-hydrogen) atoms. The quantitative estimate of drug-likeness (QED) is 0.381. The number of amides is 1. The number of benzene rings is 2. The number of carbonyl (C=O) groups is 1. The number of rotatable bonds is 1. The number of para-hydroxylation sites is 1. The van der Waals surface area contributed by atoms with Crippen molar-refractivity contribution in [3.05, 3.63) is 68.9 Å². The third-order valence-corrected chi connectivity index (χ3v) is 7.71. The Balaban J connectivity index is 1.98. The summed E-state index contributed by atoms with van der Waals surface area (Å²) in [4.78, 5) is 16.4. The van der Waals surface area contributed by atoms with Crippen LogP contribution in [-0.4, -0.2) is 5.91 Å². The van der Waals surface area contributed by atoms with Gasteiger partial charge in [-0.15, -0.1) is 0 Å². The maximum absolute atomic E-state index is 13.3. The number of nitrogens with zero attached hydrogens (tertiary/aromatic N) is 1. The average molecular weight is 370 g/mol. The van der Waals surface area contributed by atoms with Gasteiger partial charge in [0.15, 0.2) is 0 Å². The average Bonchev–Trinajstić information content (AvgIpc) is 2.98. The van der Waals surface area contributed by atoms with Gasteiger partial charge in [-0.25, -0.2) is 0 Å². The van der Waals surface area contributed by atoms with E-state index in [1.54, 1.807) is 20.7 Å². The zero-order valence-electron chi connectivity index (χ0n) is 13.3. The van der Waals surface area contributed by atoms with Gasteiger partial charge in [-0.05, 0) is 32.0 Å². The fourth-order valence-electron chi connectivity index (χ4n) is 3.25. The van der Waals surface area contributed by atoms with Crippen LogP contribution < -0.4 is 4.90 Å². The van der Waals surface area contributed by atoms with E-state index in [9.17, 15) is 4.79 Å². The Kier molecular flexibility index (Phi) is 3.67. The molecule has 2 nitrogen and oxygen atoms in total. The van der Waals surface area contributed by atoms with Gasteiger partial charge < -0.3 is 0 Å². The molecule has 0 saturated carbocycles. The third kappa shape index (κ3) is 2.19. The van der Waals surface area contributed by atoms with Crippen LogP contribution in [-0.2, 0) is 5.54 Å². The van der Waals surface area contributed by atoms with Crippen molar-refractivity contribution in [1.82, 2.24) is 0 Å². The Labute approximate surface area is 153 Å². The van der Waals surface area contributed by atoms with Gasteiger partial charge in [0.2, 0.25) is 0 Å². The van der Waals surface area contributed by atoms with E-state index in [2.05, 4.69) is 19.9 Å². The summed E-state index contributed by atoms with van der Waals surface area (Å²) in [6.45, 7) is 4.20. The second-order valence-corrected chi connectivity index (χ2v) is 9.06. The van der Waals surface area contributed by atoms with Gasteiger partial charge in [0.1, 0.15) is 3.82 Å². The summed E-state index contributed by atoms with van der Waals surface area (Å²) in [5.41, 5.74) is 3.37. The van der Waals surface area contributed by atoms with E-state index >= 15 is 0 Å². The van der Waals surface area contributed by atoms with Gasteiger partial charge in [-0.2, -0.15) is 0 Å². The number of carbonyl (C=O) groups excluding carboxylic acids is 1. The summed E-state index contributed by atoms with van der Waals surface area (Å²) in [6, 6.07) is 17.5. The highest BCUT2D eigenvalue weighted by molar-refractivity contribution is 7.80.